The number of oxime groups is 1. The molecule has 132 valence electrons. The third-order valence-corrected chi connectivity index (χ3v) is 3.88. The van der Waals surface area contributed by atoms with Gasteiger partial charge in [0.15, 0.2) is 0 Å². The van der Waals surface area contributed by atoms with E-state index in [-0.39, 0.29) is 43.3 Å². The molecule has 24 heavy (non-hydrogen) atoms. The Balaban J connectivity index is 1.70. The van der Waals surface area contributed by atoms with Gasteiger partial charge in [-0.25, -0.2) is 4.39 Å². The van der Waals surface area contributed by atoms with E-state index in [0.29, 0.717) is 30.7 Å². The summed E-state index contributed by atoms with van der Waals surface area (Å²) in [4.78, 5) is 39.1. The van der Waals surface area contributed by atoms with Crippen LogP contribution >= 0.6 is 0 Å². The van der Waals surface area contributed by atoms with E-state index in [4.69, 9.17) is 4.84 Å². The van der Waals surface area contributed by atoms with Gasteiger partial charge in [0.1, 0.15) is 18.1 Å². The number of hydrogen-bond acceptors (Lipinski definition) is 6. The number of esters is 1. The maximum Gasteiger partial charge on any atom is 0.305 e. The van der Waals surface area contributed by atoms with Crippen molar-refractivity contribution in [2.24, 2.45) is 5.16 Å². The van der Waals surface area contributed by atoms with E-state index in [1.54, 1.807) is 6.08 Å². The summed E-state index contributed by atoms with van der Waals surface area (Å²) in [5.74, 6) is -0.666. The number of methoxy groups -OCH3 is 1. The lowest BCUT2D eigenvalue weighted by molar-refractivity contribution is -0.140. The van der Waals surface area contributed by atoms with Crippen LogP contribution in [0, 0.1) is 0 Å². The number of nitrogens with zero attached hydrogens (tertiary/aromatic N) is 1. The van der Waals surface area contributed by atoms with Crippen LogP contribution in [-0.4, -0.2) is 49.3 Å². The molecule has 2 aliphatic rings. The van der Waals surface area contributed by atoms with Crippen molar-refractivity contribution >= 4 is 23.4 Å². The zero-order valence-corrected chi connectivity index (χ0v) is 13.5. The quantitative estimate of drug-likeness (QED) is 0.555. The van der Waals surface area contributed by atoms with E-state index in [9.17, 15) is 18.8 Å². The van der Waals surface area contributed by atoms with Gasteiger partial charge < -0.3 is 14.9 Å². The van der Waals surface area contributed by atoms with Crippen LogP contribution in [0.3, 0.4) is 0 Å². The molecular formula is C16H21FN2O5. The molecule has 1 N–H and O–H groups in total. The molecule has 0 aromatic carbocycles. The van der Waals surface area contributed by atoms with Gasteiger partial charge in [-0.2, -0.15) is 0 Å². The second-order valence-electron chi connectivity index (χ2n) is 5.78. The maximum atomic E-state index is 13.9. The van der Waals surface area contributed by atoms with Gasteiger partial charge in [-0.1, -0.05) is 11.2 Å². The Bertz CT molecular complexity index is 573. The predicted molar refractivity (Wildman–Crippen MR) is 83.0 cm³/mol. The molecule has 1 heterocycles. The Labute approximate surface area is 139 Å². The summed E-state index contributed by atoms with van der Waals surface area (Å²) in [6.45, 7) is 0.369. The maximum absolute atomic E-state index is 13.9. The second-order valence-corrected chi connectivity index (χ2v) is 5.78. The fraction of sp³-hybridized carbons (Fsp3) is 0.625. The van der Waals surface area contributed by atoms with Gasteiger partial charge in [-0.3, -0.25) is 14.4 Å². The van der Waals surface area contributed by atoms with Crippen molar-refractivity contribution in [3.63, 3.8) is 0 Å². The van der Waals surface area contributed by atoms with E-state index in [0.717, 1.165) is 0 Å². The normalized spacial score (nSPS) is 23.2. The first-order valence-electron chi connectivity index (χ1n) is 7.92. The summed E-state index contributed by atoms with van der Waals surface area (Å²) in [6, 6.07) is 0. The molecule has 0 saturated carbocycles. The van der Waals surface area contributed by atoms with Crippen LogP contribution in [0.1, 0.15) is 38.5 Å². The van der Waals surface area contributed by atoms with Crippen molar-refractivity contribution in [2.45, 2.75) is 50.8 Å². The first-order chi connectivity index (χ1) is 11.5. The predicted octanol–water partition coefficient (Wildman–Crippen LogP) is 1.22. The topological polar surface area (TPSA) is 94.1 Å². The van der Waals surface area contributed by atoms with Gasteiger partial charge in [-0.05, 0) is 6.42 Å². The summed E-state index contributed by atoms with van der Waals surface area (Å²) in [5.41, 5.74) is 0.870. The smallest absolute Gasteiger partial charge is 0.305 e. The van der Waals surface area contributed by atoms with Crippen LogP contribution in [0.5, 0.6) is 0 Å². The molecule has 1 aliphatic carbocycles. The van der Waals surface area contributed by atoms with E-state index >= 15 is 0 Å². The first-order valence-corrected chi connectivity index (χ1v) is 7.92. The van der Waals surface area contributed by atoms with Crippen LogP contribution < -0.4 is 5.32 Å². The number of amides is 1. The third kappa shape index (κ3) is 5.14. The molecule has 0 bridgehead atoms. The number of ketones is 1. The highest BCUT2D eigenvalue weighted by atomic mass is 19.1. The average Bonchev–Trinajstić information content (AvgIpc) is 2.99. The fourth-order valence-corrected chi connectivity index (χ4v) is 2.59. The number of Topliss-reactive ketones (excluding diaryl/α,β-unsaturated/α-hetero) is 1. The van der Waals surface area contributed by atoms with Gasteiger partial charge in [0, 0.05) is 37.8 Å². The molecular weight excluding hydrogens is 319 g/mol. The number of nitrogens with one attached hydrogen (secondary N) is 1. The summed E-state index contributed by atoms with van der Waals surface area (Å²) in [6.07, 6.45) is 1.03. The molecule has 0 spiro atoms. The van der Waals surface area contributed by atoms with E-state index in [1.807, 2.05) is 0 Å². The Hall–Kier alpha value is -2.25. The molecule has 8 heteroatoms. The molecule has 0 aromatic rings. The highest BCUT2D eigenvalue weighted by molar-refractivity contribution is 6.04. The van der Waals surface area contributed by atoms with Crippen molar-refractivity contribution in [1.82, 2.24) is 5.32 Å². The molecule has 0 aromatic heterocycles. The number of carbonyl (C=O) groups is 3. The minimum absolute atomic E-state index is 0.106. The number of allylic oxidation sites excluding steroid dienone is 2. The van der Waals surface area contributed by atoms with Crippen LogP contribution in [0.15, 0.2) is 16.8 Å². The van der Waals surface area contributed by atoms with Crippen LogP contribution in [0.4, 0.5) is 4.39 Å². The summed E-state index contributed by atoms with van der Waals surface area (Å²) < 4.78 is 18.4. The summed E-state index contributed by atoms with van der Waals surface area (Å²) in [7, 11) is 1.32. The van der Waals surface area contributed by atoms with Gasteiger partial charge in [0.05, 0.1) is 19.2 Å². The molecule has 2 unspecified atom stereocenters. The van der Waals surface area contributed by atoms with Gasteiger partial charge in [0.2, 0.25) is 5.91 Å². The minimum Gasteiger partial charge on any atom is -0.469 e. The molecule has 7 nitrogen and oxygen atoms in total. The van der Waals surface area contributed by atoms with Crippen LogP contribution in [-0.2, 0) is 24.0 Å². The van der Waals surface area contributed by atoms with Crippen molar-refractivity contribution in [3.8, 4) is 0 Å². The van der Waals surface area contributed by atoms with E-state index in [2.05, 4.69) is 15.2 Å². The summed E-state index contributed by atoms with van der Waals surface area (Å²) >= 11 is 0. The lowest BCUT2D eigenvalue weighted by Gasteiger charge is -2.16. The van der Waals surface area contributed by atoms with Crippen molar-refractivity contribution in [3.05, 3.63) is 11.6 Å². The molecule has 0 saturated heterocycles. The summed E-state index contributed by atoms with van der Waals surface area (Å²) in [5, 5.41) is 6.54. The van der Waals surface area contributed by atoms with Gasteiger partial charge in [-0.15, -0.1) is 0 Å². The number of hydrogen-bond donors (Lipinski definition) is 1. The average molecular weight is 340 g/mol. The van der Waals surface area contributed by atoms with Crippen molar-refractivity contribution in [2.75, 3.05) is 13.7 Å². The van der Waals surface area contributed by atoms with Crippen molar-refractivity contribution < 1.29 is 28.3 Å². The Kier molecular flexibility index (Phi) is 6.45. The van der Waals surface area contributed by atoms with Gasteiger partial charge >= 0.3 is 5.97 Å². The molecule has 2 atom stereocenters. The third-order valence-electron chi connectivity index (χ3n) is 3.88. The lowest BCUT2D eigenvalue weighted by Crippen LogP contribution is -2.29. The fourth-order valence-electron chi connectivity index (χ4n) is 2.59. The molecule has 2 rings (SSSR count). The number of halogens is 1. The minimum atomic E-state index is -1.35. The number of alkyl halides is 1. The van der Waals surface area contributed by atoms with E-state index in [1.165, 1.54) is 7.11 Å². The number of rotatable bonds is 7. The molecule has 0 fully saturated rings. The number of carbonyl (C=O) groups excluding carboxylic acids is 3. The second kappa shape index (κ2) is 8.56. The molecule has 0 radical (unpaired) electrons. The Morgan fingerprint density at radius 3 is 2.96 bits per heavy atom. The SMILES string of the molecule is COC(=O)CCCNC(=O)CC1CC(C2=CCC(=O)CC2F)=NO1. The zero-order chi connectivity index (χ0) is 17.5. The number of ether oxygens (including phenoxy) is 1. The zero-order valence-electron chi connectivity index (χ0n) is 13.5. The standard InChI is InChI=1S/C16H21FN2O5/c1-23-16(22)3-2-6-18-15(21)9-11-8-14(19-24-11)12-5-4-10(20)7-13(12)17/h5,11,13H,2-4,6-9H2,1H3,(H,18,21). The Morgan fingerprint density at radius 1 is 1.46 bits per heavy atom. The first kappa shape index (κ1) is 18.1. The van der Waals surface area contributed by atoms with Gasteiger partial charge in [0.25, 0.3) is 0 Å². The lowest BCUT2D eigenvalue weighted by atomic mass is 9.91. The van der Waals surface area contributed by atoms with Crippen LogP contribution in [0.2, 0.25) is 0 Å². The molecule has 1 aliphatic heterocycles. The highest BCUT2D eigenvalue weighted by Gasteiger charge is 2.31. The molecule has 1 amide bonds. The Morgan fingerprint density at radius 2 is 2.25 bits per heavy atom. The monoisotopic (exact) mass is 340 g/mol. The highest BCUT2D eigenvalue weighted by Crippen LogP contribution is 2.26. The van der Waals surface area contributed by atoms with Crippen LogP contribution in [0.25, 0.3) is 0 Å². The van der Waals surface area contributed by atoms with E-state index < -0.39 is 12.3 Å². The largest absolute Gasteiger partial charge is 0.469 e. The van der Waals surface area contributed by atoms with Crippen molar-refractivity contribution in [1.29, 1.82) is 0 Å².